The number of nitrogens with zero attached hydrogens (tertiary/aromatic N) is 2. The predicted octanol–water partition coefficient (Wildman–Crippen LogP) is 7.51. The lowest BCUT2D eigenvalue weighted by Crippen LogP contribution is -2.53. The summed E-state index contributed by atoms with van der Waals surface area (Å²) in [5.74, 6) is -5.05. The number of anilines is 2. The minimum atomic E-state index is -1.63. The summed E-state index contributed by atoms with van der Waals surface area (Å²) in [6.07, 6.45) is 2.25. The van der Waals surface area contributed by atoms with Crippen LogP contribution in [0.25, 0.3) is 0 Å². The first-order valence-corrected chi connectivity index (χ1v) is 18.8. The van der Waals surface area contributed by atoms with E-state index in [0.29, 0.717) is 38.9 Å². The predicted molar refractivity (Wildman–Crippen MR) is 207 cm³/mol. The van der Waals surface area contributed by atoms with Gasteiger partial charge < -0.3 is 14.6 Å². The number of rotatable bonds is 7. The summed E-state index contributed by atoms with van der Waals surface area (Å²) in [6, 6.07) is 23.6. The molecule has 0 spiro atoms. The Bertz CT molecular complexity index is 2230. The quantitative estimate of drug-likeness (QED) is 0.111. The zero-order valence-corrected chi connectivity index (χ0v) is 32.1. The molecule has 2 aliphatic heterocycles. The van der Waals surface area contributed by atoms with Gasteiger partial charge in [0, 0.05) is 20.1 Å². The number of amides is 4. The maximum Gasteiger partial charge on any atom is 0.260 e. The lowest BCUT2D eigenvalue weighted by atomic mass is 9.49. The van der Waals surface area contributed by atoms with Gasteiger partial charge in [-0.2, -0.15) is 5.01 Å². The average molecular weight is 865 g/mol. The Kier molecular flexibility index (Phi) is 8.94. The normalized spacial score (nSPS) is 26.2. The Morgan fingerprint density at radius 1 is 0.830 bits per heavy atom. The molecular formula is C40H32Cl2IN3O7. The summed E-state index contributed by atoms with van der Waals surface area (Å²) in [5.41, 5.74) is 3.66. The summed E-state index contributed by atoms with van der Waals surface area (Å²) >= 11 is 14.9. The topological polar surface area (TPSA) is 125 Å². The molecule has 10 nitrogen and oxygen atoms in total. The van der Waals surface area contributed by atoms with Crippen molar-refractivity contribution in [1.82, 2.24) is 5.01 Å². The molecule has 0 radical (unpaired) electrons. The van der Waals surface area contributed by atoms with Crippen molar-refractivity contribution >= 4 is 80.8 Å². The summed E-state index contributed by atoms with van der Waals surface area (Å²) in [6.45, 7) is 0. The van der Waals surface area contributed by atoms with Gasteiger partial charge in [-0.05, 0) is 120 Å². The van der Waals surface area contributed by atoms with E-state index in [1.54, 1.807) is 60.7 Å². The fourth-order valence-corrected chi connectivity index (χ4v) is 9.73. The third-order valence-corrected chi connectivity index (χ3v) is 12.5. The molecule has 4 aromatic carbocycles. The number of imide groups is 2. The molecule has 4 aromatic rings. The van der Waals surface area contributed by atoms with Crippen LogP contribution in [-0.4, -0.2) is 48.0 Å². The van der Waals surface area contributed by atoms with Crippen molar-refractivity contribution in [1.29, 1.82) is 0 Å². The van der Waals surface area contributed by atoms with Crippen LogP contribution in [0.2, 0.25) is 10.0 Å². The fraction of sp³-hybridized carbons (Fsp3) is 0.250. The molecule has 6 atom stereocenters. The van der Waals surface area contributed by atoms with Gasteiger partial charge in [0.25, 0.3) is 11.8 Å². The number of allylic oxidation sites excluding steroid dienone is 2. The van der Waals surface area contributed by atoms with Crippen LogP contribution in [0.4, 0.5) is 11.4 Å². The number of hydrogen-bond donors (Lipinski definition) is 2. The molecular weight excluding hydrogens is 832 g/mol. The number of nitrogens with one attached hydrogen (secondary N) is 1. The minimum Gasteiger partial charge on any atom is -0.508 e. The zero-order valence-electron chi connectivity index (χ0n) is 28.4. The molecule has 2 heterocycles. The number of hydrogen-bond acceptors (Lipinski definition) is 8. The van der Waals surface area contributed by atoms with Crippen molar-refractivity contribution in [3.8, 4) is 17.2 Å². The molecule has 8 rings (SSSR count). The highest BCUT2D eigenvalue weighted by Gasteiger charge is 2.70. The Hall–Kier alpha value is -4.59. The third kappa shape index (κ3) is 5.41. The van der Waals surface area contributed by atoms with E-state index >= 15 is 4.79 Å². The number of aromatic hydroxyl groups is 1. The SMILES string of the molecule is COc1ccc(C23C(=O)N(Nc4ccc(Cl)cc4Cl)C(=O)C2CC2C(=CCC4C(=O)N(c5ccc(I)cc5)C(=O)C42)C3c2cc(OC)ccc2O)cc1. The second kappa shape index (κ2) is 13.4. The molecule has 2 N–H and O–H groups in total. The van der Waals surface area contributed by atoms with Gasteiger partial charge in [-0.3, -0.25) is 29.5 Å². The smallest absolute Gasteiger partial charge is 0.260 e. The summed E-state index contributed by atoms with van der Waals surface area (Å²) < 4.78 is 12.0. The van der Waals surface area contributed by atoms with E-state index in [-0.39, 0.29) is 41.1 Å². The molecule has 3 fully saturated rings. The van der Waals surface area contributed by atoms with Crippen molar-refractivity contribution in [3.05, 3.63) is 121 Å². The standard InChI is InChI=1S/C40H32Cl2IN3O7/c1-52-24-10-3-20(4-11-24)40-30(37(49)46(39(40)51)44-32-15-5-21(41)17-31(32)42)19-28-26(35(40)29-18-25(53-2)12-16-33(29)47)13-14-27-34(28)38(50)45(36(27)48)23-8-6-22(43)7-9-23/h3-13,15-18,27-28,30,34-35,44,47H,14,19H2,1-2H3. The number of benzene rings is 4. The Morgan fingerprint density at radius 3 is 2.21 bits per heavy atom. The monoisotopic (exact) mass is 863 g/mol. The molecule has 0 aromatic heterocycles. The summed E-state index contributed by atoms with van der Waals surface area (Å²) in [5, 5.41) is 13.2. The van der Waals surface area contributed by atoms with Gasteiger partial charge in [0.2, 0.25) is 11.8 Å². The molecule has 270 valence electrons. The van der Waals surface area contributed by atoms with Crippen molar-refractivity contribution in [3.63, 3.8) is 0 Å². The Labute approximate surface area is 328 Å². The first-order valence-electron chi connectivity index (χ1n) is 16.9. The van der Waals surface area contributed by atoms with Gasteiger partial charge in [0.15, 0.2) is 0 Å². The van der Waals surface area contributed by atoms with Crippen molar-refractivity contribution in [2.75, 3.05) is 24.5 Å². The number of carbonyl (C=O) groups excluding carboxylic acids is 4. The molecule has 2 saturated heterocycles. The fourth-order valence-electron chi connectivity index (χ4n) is 8.92. The van der Waals surface area contributed by atoms with Gasteiger partial charge in [0.05, 0.1) is 53.8 Å². The van der Waals surface area contributed by atoms with Crippen LogP contribution < -0.4 is 19.8 Å². The Balaban J connectivity index is 1.35. The van der Waals surface area contributed by atoms with Gasteiger partial charge in [-0.15, -0.1) is 0 Å². The molecule has 53 heavy (non-hydrogen) atoms. The lowest BCUT2D eigenvalue weighted by Gasteiger charge is -2.50. The van der Waals surface area contributed by atoms with Crippen LogP contribution >= 0.6 is 45.8 Å². The minimum absolute atomic E-state index is 0.0803. The van der Waals surface area contributed by atoms with Crippen LogP contribution in [0, 0.1) is 27.2 Å². The van der Waals surface area contributed by atoms with Gasteiger partial charge in [0.1, 0.15) is 17.2 Å². The highest BCUT2D eigenvalue weighted by atomic mass is 127. The van der Waals surface area contributed by atoms with Crippen molar-refractivity contribution in [2.24, 2.45) is 23.7 Å². The van der Waals surface area contributed by atoms with E-state index in [2.05, 4.69) is 28.0 Å². The van der Waals surface area contributed by atoms with Gasteiger partial charge >= 0.3 is 0 Å². The highest BCUT2D eigenvalue weighted by Crippen LogP contribution is 2.65. The lowest BCUT2D eigenvalue weighted by molar-refractivity contribution is -0.138. The van der Waals surface area contributed by atoms with Crippen LogP contribution in [0.1, 0.15) is 29.9 Å². The largest absolute Gasteiger partial charge is 0.508 e. The highest BCUT2D eigenvalue weighted by molar-refractivity contribution is 14.1. The first kappa shape index (κ1) is 35.4. The number of methoxy groups -OCH3 is 2. The van der Waals surface area contributed by atoms with E-state index in [9.17, 15) is 19.5 Å². The van der Waals surface area contributed by atoms with E-state index < -0.39 is 46.8 Å². The molecule has 4 aliphatic rings. The van der Waals surface area contributed by atoms with Crippen molar-refractivity contribution in [2.45, 2.75) is 24.2 Å². The van der Waals surface area contributed by atoms with Crippen LogP contribution in [-0.2, 0) is 24.6 Å². The van der Waals surface area contributed by atoms with Gasteiger partial charge in [-0.1, -0.05) is 47.0 Å². The number of halogens is 3. The molecule has 13 heteroatoms. The number of hydrazine groups is 1. The van der Waals surface area contributed by atoms with Crippen molar-refractivity contribution < 1.29 is 33.8 Å². The van der Waals surface area contributed by atoms with Crippen LogP contribution in [0.5, 0.6) is 17.2 Å². The second-order valence-electron chi connectivity index (χ2n) is 13.6. The second-order valence-corrected chi connectivity index (χ2v) is 15.7. The summed E-state index contributed by atoms with van der Waals surface area (Å²) in [4.78, 5) is 60.2. The number of phenols is 1. The first-order chi connectivity index (χ1) is 25.5. The maximum absolute atomic E-state index is 15.4. The third-order valence-electron chi connectivity index (χ3n) is 11.2. The van der Waals surface area contributed by atoms with E-state index in [1.807, 2.05) is 18.2 Å². The molecule has 2 aliphatic carbocycles. The van der Waals surface area contributed by atoms with E-state index in [0.717, 1.165) is 8.58 Å². The number of carbonyl (C=O) groups is 4. The molecule has 1 saturated carbocycles. The molecule has 0 bridgehead atoms. The number of ether oxygens (including phenoxy) is 2. The number of phenolic OH excluding ortho intramolecular Hbond substituents is 1. The van der Waals surface area contributed by atoms with Crippen LogP contribution in [0.3, 0.4) is 0 Å². The average Bonchev–Trinajstić information content (AvgIpc) is 3.54. The van der Waals surface area contributed by atoms with Crippen LogP contribution in [0.15, 0.2) is 96.6 Å². The molecule has 6 unspecified atom stereocenters. The number of fused-ring (bicyclic) bond motifs is 4. The van der Waals surface area contributed by atoms with Gasteiger partial charge in [-0.25, -0.2) is 0 Å². The van der Waals surface area contributed by atoms with E-state index in [1.165, 1.54) is 31.3 Å². The molecule has 4 amide bonds. The zero-order chi connectivity index (χ0) is 37.3. The summed E-state index contributed by atoms with van der Waals surface area (Å²) in [7, 11) is 3.03. The Morgan fingerprint density at radius 2 is 1.53 bits per heavy atom. The maximum atomic E-state index is 15.4. The van der Waals surface area contributed by atoms with E-state index in [4.69, 9.17) is 32.7 Å².